The minimum absolute atomic E-state index is 0.195. The van der Waals surface area contributed by atoms with Gasteiger partial charge < -0.3 is 34.9 Å². The zero-order chi connectivity index (χ0) is 29.4. The molecule has 3 rings (SSSR count). The van der Waals surface area contributed by atoms with Crippen LogP contribution in [0.15, 0.2) is 29.1 Å². The zero-order valence-corrected chi connectivity index (χ0v) is 23.8. The molecule has 0 radical (unpaired) electrons. The average Bonchev–Trinajstić information content (AvgIpc) is 3.18. The highest BCUT2D eigenvalue weighted by Crippen LogP contribution is 2.50. The van der Waals surface area contributed by atoms with Crippen molar-refractivity contribution >= 4 is 23.5 Å². The summed E-state index contributed by atoms with van der Waals surface area (Å²) in [6.45, 7) is 3.37. The monoisotopic (exact) mass is 555 g/mol. The third-order valence-electron chi connectivity index (χ3n) is 6.77. The van der Waals surface area contributed by atoms with Crippen LogP contribution in [-0.2, 0) is 25.5 Å². The molecule has 216 valence electrons. The number of aryl methyl sites for hydroxylation is 1. The van der Waals surface area contributed by atoms with E-state index in [2.05, 4.69) is 20.7 Å². The maximum atomic E-state index is 13.4. The molecule has 11 nitrogen and oxygen atoms in total. The molecule has 2 unspecified atom stereocenters. The van der Waals surface area contributed by atoms with Crippen LogP contribution in [0.25, 0.3) is 11.1 Å². The molecule has 0 saturated heterocycles. The molecule has 40 heavy (non-hydrogen) atoms. The van der Waals surface area contributed by atoms with Gasteiger partial charge in [-0.3, -0.25) is 19.2 Å². The first-order valence-electron chi connectivity index (χ1n) is 13.0. The van der Waals surface area contributed by atoms with Crippen molar-refractivity contribution in [2.24, 2.45) is 0 Å². The van der Waals surface area contributed by atoms with Crippen LogP contribution < -0.4 is 35.6 Å². The number of hydrogen-bond acceptors (Lipinski definition) is 9. The molecular formula is C29H37N3O8. The van der Waals surface area contributed by atoms with E-state index in [1.165, 1.54) is 34.3 Å². The van der Waals surface area contributed by atoms with Crippen molar-refractivity contribution in [3.63, 3.8) is 0 Å². The Hall–Kier alpha value is -4.28. The number of benzene rings is 1. The summed E-state index contributed by atoms with van der Waals surface area (Å²) in [6, 6.07) is 5.61. The van der Waals surface area contributed by atoms with Crippen molar-refractivity contribution in [3.05, 3.63) is 45.6 Å². The van der Waals surface area contributed by atoms with E-state index in [0.717, 1.165) is 11.1 Å². The fraction of sp³-hybridized carbons (Fsp3) is 0.448. The molecule has 0 bridgehead atoms. The number of amides is 2. The quantitative estimate of drug-likeness (QED) is 0.282. The van der Waals surface area contributed by atoms with Crippen LogP contribution in [0.3, 0.4) is 0 Å². The minimum Gasteiger partial charge on any atom is -0.493 e. The summed E-state index contributed by atoms with van der Waals surface area (Å²) < 4.78 is 21.6. The van der Waals surface area contributed by atoms with Crippen molar-refractivity contribution < 1.29 is 33.3 Å². The number of hydrogen-bond donors (Lipinski definition) is 3. The van der Waals surface area contributed by atoms with Gasteiger partial charge in [-0.05, 0) is 61.1 Å². The van der Waals surface area contributed by atoms with E-state index in [1.807, 2.05) is 6.07 Å². The molecule has 0 spiro atoms. The number of carbonyl (C=O) groups excluding carboxylic acids is 3. The molecule has 0 fully saturated rings. The lowest BCUT2D eigenvalue weighted by Gasteiger charge is -2.19. The van der Waals surface area contributed by atoms with Gasteiger partial charge in [-0.25, -0.2) is 0 Å². The Balaban J connectivity index is 2.04. The first kappa shape index (κ1) is 30.3. The second-order valence-electron chi connectivity index (χ2n) is 9.43. The number of esters is 1. The number of ether oxygens (including phenoxy) is 4. The van der Waals surface area contributed by atoms with Gasteiger partial charge in [-0.2, -0.15) is 0 Å². The largest absolute Gasteiger partial charge is 0.493 e. The van der Waals surface area contributed by atoms with Gasteiger partial charge in [0.25, 0.3) is 0 Å². The van der Waals surface area contributed by atoms with Gasteiger partial charge in [0.1, 0.15) is 6.04 Å². The van der Waals surface area contributed by atoms with E-state index in [0.29, 0.717) is 54.2 Å². The van der Waals surface area contributed by atoms with Gasteiger partial charge in [0, 0.05) is 25.5 Å². The van der Waals surface area contributed by atoms with Crippen molar-refractivity contribution in [3.8, 4) is 28.4 Å². The summed E-state index contributed by atoms with van der Waals surface area (Å²) in [6.07, 6.45) is 1.75. The lowest BCUT2D eigenvalue weighted by molar-refractivity contribution is -0.140. The highest BCUT2D eigenvalue weighted by atomic mass is 16.5. The molecule has 2 atom stereocenters. The Morgan fingerprint density at radius 3 is 2.38 bits per heavy atom. The number of methoxy groups -OCH3 is 4. The summed E-state index contributed by atoms with van der Waals surface area (Å²) in [4.78, 5) is 49.4. The molecule has 2 aromatic carbocycles. The summed E-state index contributed by atoms with van der Waals surface area (Å²) in [5, 5.41) is 8.72. The second-order valence-corrected chi connectivity index (χ2v) is 9.43. The predicted octanol–water partition coefficient (Wildman–Crippen LogP) is 2.73. The van der Waals surface area contributed by atoms with Crippen molar-refractivity contribution in [2.45, 2.75) is 51.6 Å². The fourth-order valence-electron chi connectivity index (χ4n) is 4.83. The molecule has 0 aromatic heterocycles. The molecule has 1 aliphatic carbocycles. The maximum absolute atomic E-state index is 13.4. The summed E-state index contributed by atoms with van der Waals surface area (Å²) in [7, 11) is 5.92. The van der Waals surface area contributed by atoms with Crippen LogP contribution in [0.5, 0.6) is 17.2 Å². The van der Waals surface area contributed by atoms with Crippen LogP contribution in [0.2, 0.25) is 0 Å². The lowest BCUT2D eigenvalue weighted by Crippen LogP contribution is -2.39. The van der Waals surface area contributed by atoms with Gasteiger partial charge in [0.05, 0.1) is 40.2 Å². The number of rotatable bonds is 11. The summed E-state index contributed by atoms with van der Waals surface area (Å²) in [5.41, 5.74) is 2.83. The molecule has 2 aromatic rings. The Morgan fingerprint density at radius 1 is 1.02 bits per heavy atom. The lowest BCUT2D eigenvalue weighted by atomic mass is 9.95. The third-order valence-corrected chi connectivity index (χ3v) is 6.77. The van der Waals surface area contributed by atoms with E-state index < -0.39 is 12.1 Å². The van der Waals surface area contributed by atoms with Gasteiger partial charge in [-0.1, -0.05) is 6.07 Å². The van der Waals surface area contributed by atoms with E-state index in [-0.39, 0.29) is 35.3 Å². The van der Waals surface area contributed by atoms with Gasteiger partial charge in [-0.15, -0.1) is 0 Å². The number of fused-ring (bicyclic) bond motifs is 3. The molecule has 0 saturated carbocycles. The normalized spacial score (nSPS) is 14.4. The minimum atomic E-state index is -0.731. The topological polar surface area (TPSA) is 141 Å². The van der Waals surface area contributed by atoms with Crippen LogP contribution >= 0.6 is 0 Å². The Kier molecular flexibility index (Phi) is 10.4. The molecule has 2 amide bonds. The van der Waals surface area contributed by atoms with Gasteiger partial charge in [0.15, 0.2) is 11.5 Å². The van der Waals surface area contributed by atoms with Crippen molar-refractivity contribution in [1.29, 1.82) is 0 Å². The van der Waals surface area contributed by atoms with E-state index in [9.17, 15) is 19.2 Å². The van der Waals surface area contributed by atoms with Crippen LogP contribution in [0.1, 0.15) is 50.3 Å². The number of carbonyl (C=O) groups is 3. The smallest absolute Gasteiger partial charge is 0.305 e. The average molecular weight is 556 g/mol. The third kappa shape index (κ3) is 6.83. The molecule has 3 N–H and O–H groups in total. The number of nitrogens with one attached hydrogen (secondary N) is 3. The first-order valence-corrected chi connectivity index (χ1v) is 13.0. The molecule has 0 aliphatic heterocycles. The highest BCUT2D eigenvalue weighted by Gasteiger charge is 2.29. The van der Waals surface area contributed by atoms with Gasteiger partial charge >= 0.3 is 5.97 Å². The van der Waals surface area contributed by atoms with Crippen LogP contribution in [0, 0.1) is 0 Å². The SMILES string of the molecule is COC(=O)CCCNC(=O)C(C)Nc1ccc2c(cc1=O)C(NC(C)=O)CCc1cc(OC)c(OC)c(OC)c1-2. The van der Waals surface area contributed by atoms with Crippen molar-refractivity contribution in [2.75, 3.05) is 40.3 Å². The maximum Gasteiger partial charge on any atom is 0.305 e. The second kappa shape index (κ2) is 13.7. The first-order chi connectivity index (χ1) is 19.1. The fourth-order valence-corrected chi connectivity index (χ4v) is 4.83. The summed E-state index contributed by atoms with van der Waals surface area (Å²) >= 11 is 0. The van der Waals surface area contributed by atoms with E-state index in [1.54, 1.807) is 26.2 Å². The Labute approximate surface area is 233 Å². The van der Waals surface area contributed by atoms with E-state index >= 15 is 0 Å². The molecule has 0 heterocycles. The van der Waals surface area contributed by atoms with Gasteiger partial charge in [0.2, 0.25) is 23.0 Å². The highest BCUT2D eigenvalue weighted by molar-refractivity contribution is 5.85. The Bertz CT molecular complexity index is 1330. The molecule has 1 aliphatic rings. The molecule has 11 heteroatoms. The van der Waals surface area contributed by atoms with Crippen LogP contribution in [0.4, 0.5) is 5.69 Å². The number of anilines is 1. The Morgan fingerprint density at radius 2 is 1.75 bits per heavy atom. The molecular weight excluding hydrogens is 518 g/mol. The van der Waals surface area contributed by atoms with Crippen LogP contribution in [-0.4, -0.2) is 58.8 Å². The summed E-state index contributed by atoms with van der Waals surface area (Å²) in [5.74, 6) is 0.485. The standard InChI is InChI=1S/C29H37N3O8/c1-16(29(36)30-13-7-8-25(35)38-4)31-22-12-10-19-20(15-23(22)34)21(32-17(2)33)11-9-18-14-24(37-3)27(39-5)28(40-6)26(18)19/h10,12,14-16,21H,7-9,11,13H2,1-6H3,(H,30,36)(H,31,34)(H,32,33). The zero-order valence-electron chi connectivity index (χ0n) is 23.8. The predicted molar refractivity (Wildman–Crippen MR) is 150 cm³/mol. The van der Waals surface area contributed by atoms with Crippen molar-refractivity contribution in [1.82, 2.24) is 10.6 Å². The van der Waals surface area contributed by atoms with E-state index in [4.69, 9.17) is 14.2 Å².